The van der Waals surface area contributed by atoms with Gasteiger partial charge in [0.15, 0.2) is 0 Å². The average molecular weight is 162 g/mol. The molecule has 0 amide bonds. The SMILES string of the molecule is C1OC2C3CC4C1C1CC4C3C12. The molecule has 0 N–H and O–H groups in total. The second-order valence-corrected chi connectivity index (χ2v) is 5.74. The van der Waals surface area contributed by atoms with Gasteiger partial charge in [0, 0.05) is 0 Å². The molecule has 4 aliphatic carbocycles. The fourth-order valence-electron chi connectivity index (χ4n) is 5.84. The predicted octanol–water partition coefficient (Wildman–Crippen LogP) is 1.53. The number of fused-ring (bicyclic) bond motifs is 2. The van der Waals surface area contributed by atoms with E-state index in [2.05, 4.69) is 0 Å². The molecule has 0 aromatic rings. The highest BCUT2D eigenvalue weighted by atomic mass is 16.5. The van der Waals surface area contributed by atoms with Crippen molar-refractivity contribution >= 4 is 0 Å². The largest absolute Gasteiger partial charge is 0.377 e. The van der Waals surface area contributed by atoms with E-state index in [9.17, 15) is 0 Å². The van der Waals surface area contributed by atoms with Gasteiger partial charge >= 0.3 is 0 Å². The van der Waals surface area contributed by atoms with E-state index in [1.54, 1.807) is 12.8 Å². The first-order chi connectivity index (χ1) is 5.95. The second kappa shape index (κ2) is 1.39. The Balaban J connectivity index is 1.82. The van der Waals surface area contributed by atoms with Gasteiger partial charge in [0.2, 0.25) is 0 Å². The Kier molecular flexibility index (Phi) is 0.654. The summed E-state index contributed by atoms with van der Waals surface area (Å²) in [5, 5.41) is 0. The molecule has 1 heteroatoms. The lowest BCUT2D eigenvalue weighted by Crippen LogP contribution is -2.56. The molecular formula is C11H14O. The van der Waals surface area contributed by atoms with Gasteiger partial charge in [-0.3, -0.25) is 0 Å². The second-order valence-electron chi connectivity index (χ2n) is 5.74. The maximum atomic E-state index is 5.96. The lowest BCUT2D eigenvalue weighted by molar-refractivity contribution is -0.189. The minimum Gasteiger partial charge on any atom is -0.377 e. The summed E-state index contributed by atoms with van der Waals surface area (Å²) in [6.07, 6.45) is 3.90. The third kappa shape index (κ3) is 0.334. The summed E-state index contributed by atoms with van der Waals surface area (Å²) < 4.78 is 5.96. The van der Waals surface area contributed by atoms with Gasteiger partial charge in [-0.15, -0.1) is 0 Å². The van der Waals surface area contributed by atoms with E-state index in [1.807, 2.05) is 0 Å². The summed E-state index contributed by atoms with van der Waals surface area (Å²) in [5.74, 6) is 7.67. The topological polar surface area (TPSA) is 9.23 Å². The van der Waals surface area contributed by atoms with Crippen LogP contribution in [0.3, 0.4) is 0 Å². The maximum Gasteiger partial charge on any atom is 0.0640 e. The van der Waals surface area contributed by atoms with Gasteiger partial charge in [-0.2, -0.15) is 0 Å². The normalized spacial score (nSPS) is 80.0. The molecule has 64 valence electrons. The van der Waals surface area contributed by atoms with Crippen molar-refractivity contribution < 1.29 is 4.74 Å². The van der Waals surface area contributed by atoms with Gasteiger partial charge < -0.3 is 4.74 Å². The molecule has 5 fully saturated rings. The Labute approximate surface area is 72.5 Å². The van der Waals surface area contributed by atoms with Crippen LogP contribution in [0.2, 0.25) is 0 Å². The zero-order chi connectivity index (χ0) is 7.45. The van der Waals surface area contributed by atoms with Crippen LogP contribution >= 0.6 is 0 Å². The fourth-order valence-corrected chi connectivity index (χ4v) is 5.84. The van der Waals surface area contributed by atoms with Crippen molar-refractivity contribution in [2.75, 3.05) is 6.61 Å². The van der Waals surface area contributed by atoms with Gasteiger partial charge in [0.1, 0.15) is 0 Å². The van der Waals surface area contributed by atoms with Crippen molar-refractivity contribution in [3.8, 4) is 0 Å². The fraction of sp³-hybridized carbons (Fsp3) is 1.00. The molecule has 0 radical (unpaired) electrons. The molecule has 8 atom stereocenters. The molecule has 2 bridgehead atoms. The smallest absolute Gasteiger partial charge is 0.0640 e. The predicted molar refractivity (Wildman–Crippen MR) is 43.4 cm³/mol. The number of hydrogen-bond acceptors (Lipinski definition) is 1. The van der Waals surface area contributed by atoms with E-state index in [1.165, 1.54) is 5.92 Å². The highest BCUT2D eigenvalue weighted by molar-refractivity contribution is 5.22. The molecule has 0 aromatic heterocycles. The average Bonchev–Trinajstić information content (AvgIpc) is 2.51. The van der Waals surface area contributed by atoms with E-state index >= 15 is 0 Å². The minimum atomic E-state index is 0.744. The van der Waals surface area contributed by atoms with Crippen molar-refractivity contribution in [2.45, 2.75) is 18.9 Å². The van der Waals surface area contributed by atoms with E-state index < -0.39 is 0 Å². The van der Waals surface area contributed by atoms with Gasteiger partial charge in [-0.1, -0.05) is 0 Å². The summed E-state index contributed by atoms with van der Waals surface area (Å²) in [6, 6.07) is 0. The lowest BCUT2D eigenvalue weighted by Gasteiger charge is -2.54. The molecule has 0 aromatic carbocycles. The molecule has 1 nitrogen and oxygen atoms in total. The molecule has 8 unspecified atom stereocenters. The van der Waals surface area contributed by atoms with Crippen LogP contribution in [-0.2, 0) is 4.74 Å². The summed E-state index contributed by atoms with van der Waals surface area (Å²) >= 11 is 0. The quantitative estimate of drug-likeness (QED) is 0.525. The summed E-state index contributed by atoms with van der Waals surface area (Å²) in [6.45, 7) is 1.14. The van der Waals surface area contributed by atoms with Crippen molar-refractivity contribution in [2.24, 2.45) is 41.4 Å². The Morgan fingerprint density at radius 2 is 1.58 bits per heavy atom. The van der Waals surface area contributed by atoms with Crippen LogP contribution in [0.1, 0.15) is 12.8 Å². The van der Waals surface area contributed by atoms with Crippen LogP contribution in [0.15, 0.2) is 0 Å². The maximum absolute atomic E-state index is 5.96. The number of rotatable bonds is 0. The third-order valence-electron chi connectivity index (χ3n) is 5.95. The molecule has 5 rings (SSSR count). The summed E-state index contributed by atoms with van der Waals surface area (Å²) in [4.78, 5) is 0. The standard InChI is InChI=1S/C11H14O/c1-4-5-2-6-8(4)3-12-11-7(1)9(5)10(6)11/h4-11H,1-3H2. The van der Waals surface area contributed by atoms with Gasteiger partial charge in [0.05, 0.1) is 12.7 Å². The first-order valence-corrected chi connectivity index (χ1v) is 5.57. The van der Waals surface area contributed by atoms with Crippen molar-refractivity contribution in [1.29, 1.82) is 0 Å². The molecule has 1 aliphatic heterocycles. The lowest BCUT2D eigenvalue weighted by atomic mass is 9.58. The van der Waals surface area contributed by atoms with Crippen LogP contribution < -0.4 is 0 Å². The summed E-state index contributed by atoms with van der Waals surface area (Å²) in [7, 11) is 0. The van der Waals surface area contributed by atoms with Crippen LogP contribution in [-0.4, -0.2) is 12.7 Å². The Morgan fingerprint density at radius 3 is 2.58 bits per heavy atom. The van der Waals surface area contributed by atoms with Gasteiger partial charge in [-0.25, -0.2) is 0 Å². The van der Waals surface area contributed by atoms with Crippen LogP contribution in [0.5, 0.6) is 0 Å². The third-order valence-corrected chi connectivity index (χ3v) is 5.95. The van der Waals surface area contributed by atoms with Crippen molar-refractivity contribution in [3.63, 3.8) is 0 Å². The Bertz CT molecular complexity index is 264. The first kappa shape index (κ1) is 5.64. The van der Waals surface area contributed by atoms with Crippen molar-refractivity contribution in [3.05, 3.63) is 0 Å². The molecular weight excluding hydrogens is 148 g/mol. The molecule has 12 heavy (non-hydrogen) atoms. The van der Waals surface area contributed by atoms with Crippen LogP contribution in [0.25, 0.3) is 0 Å². The number of ether oxygens (including phenoxy) is 1. The van der Waals surface area contributed by atoms with E-state index in [4.69, 9.17) is 4.74 Å². The zero-order valence-corrected chi connectivity index (χ0v) is 7.15. The highest BCUT2D eigenvalue weighted by Gasteiger charge is 2.75. The summed E-state index contributed by atoms with van der Waals surface area (Å²) in [5.41, 5.74) is 0. The molecule has 0 spiro atoms. The molecule has 1 saturated heterocycles. The number of hydrogen-bond donors (Lipinski definition) is 0. The van der Waals surface area contributed by atoms with Crippen molar-refractivity contribution in [1.82, 2.24) is 0 Å². The van der Waals surface area contributed by atoms with E-state index in [0.29, 0.717) is 0 Å². The van der Waals surface area contributed by atoms with Gasteiger partial charge in [-0.05, 0) is 54.3 Å². The van der Waals surface area contributed by atoms with Gasteiger partial charge in [0.25, 0.3) is 0 Å². The Morgan fingerprint density at radius 1 is 0.750 bits per heavy atom. The molecule has 4 saturated carbocycles. The van der Waals surface area contributed by atoms with Crippen LogP contribution in [0.4, 0.5) is 0 Å². The first-order valence-electron chi connectivity index (χ1n) is 5.57. The van der Waals surface area contributed by atoms with E-state index in [0.717, 1.165) is 48.2 Å². The molecule has 1 heterocycles. The zero-order valence-electron chi connectivity index (χ0n) is 7.15. The van der Waals surface area contributed by atoms with E-state index in [-0.39, 0.29) is 0 Å². The highest BCUT2D eigenvalue weighted by Crippen LogP contribution is 2.76. The minimum absolute atomic E-state index is 0.744. The van der Waals surface area contributed by atoms with Crippen LogP contribution in [0, 0.1) is 41.4 Å². The molecule has 5 aliphatic rings. The Hall–Kier alpha value is -0.0400. The monoisotopic (exact) mass is 162 g/mol.